The van der Waals surface area contributed by atoms with Crippen molar-refractivity contribution in [2.75, 3.05) is 23.3 Å². The lowest BCUT2D eigenvalue weighted by atomic mass is 9.78. The van der Waals surface area contributed by atoms with Gasteiger partial charge < -0.3 is 20.6 Å². The smallest absolute Gasteiger partial charge is 0.227 e. The van der Waals surface area contributed by atoms with Crippen LogP contribution < -0.4 is 20.6 Å². The van der Waals surface area contributed by atoms with Gasteiger partial charge >= 0.3 is 0 Å². The topological polar surface area (TPSA) is 105 Å². The third-order valence-corrected chi connectivity index (χ3v) is 12.3. The Hall–Kier alpha value is -5.50. The molecule has 5 rings (SSSR count). The summed E-state index contributed by atoms with van der Waals surface area (Å²) in [6, 6.07) is 22.4. The van der Waals surface area contributed by atoms with E-state index in [9.17, 15) is 19.5 Å². The van der Waals surface area contributed by atoms with E-state index < -0.39 is 11.5 Å². The maximum absolute atomic E-state index is 14.6. The first-order valence-electron chi connectivity index (χ1n) is 23.4. The first-order chi connectivity index (χ1) is 30.0. The number of aryl methyl sites for hydroxylation is 2. The van der Waals surface area contributed by atoms with Crippen molar-refractivity contribution in [1.29, 1.82) is 0 Å². The number of Topliss-reactive ketones (excluding diaryl/α,β-unsaturated/α-hetero) is 1. The number of nitrogens with zero attached hydrogens (tertiary/aromatic N) is 2. The van der Waals surface area contributed by atoms with Gasteiger partial charge in [0.15, 0.2) is 5.78 Å². The molecule has 62 heavy (non-hydrogen) atoms. The van der Waals surface area contributed by atoms with Gasteiger partial charge in [0.2, 0.25) is 23.2 Å². The Morgan fingerprint density at radius 2 is 1.24 bits per heavy atom. The second-order valence-electron chi connectivity index (χ2n) is 17.0. The summed E-state index contributed by atoms with van der Waals surface area (Å²) < 4.78 is 2.23. The van der Waals surface area contributed by atoms with Gasteiger partial charge in [0.05, 0.1) is 11.4 Å². The first-order valence-corrected chi connectivity index (χ1v) is 23.4. The van der Waals surface area contributed by atoms with Crippen molar-refractivity contribution in [3.8, 4) is 0 Å². The van der Waals surface area contributed by atoms with Gasteiger partial charge in [0.1, 0.15) is 6.54 Å². The predicted octanol–water partition coefficient (Wildman–Crippen LogP) is 11.7. The molecule has 2 unspecified atom stereocenters. The lowest BCUT2D eigenvalue weighted by molar-refractivity contribution is -0.439. The molecule has 0 saturated heterocycles. The van der Waals surface area contributed by atoms with Gasteiger partial charge in [-0.3, -0.25) is 14.4 Å². The van der Waals surface area contributed by atoms with Gasteiger partial charge in [-0.1, -0.05) is 127 Å². The maximum atomic E-state index is 14.6. The number of unbranched alkanes of at least 4 members (excludes halogenated alkanes) is 4. The number of hydrogen-bond donors (Lipinski definition) is 2. The zero-order valence-electron chi connectivity index (χ0n) is 38.7. The van der Waals surface area contributed by atoms with Crippen LogP contribution in [0.3, 0.4) is 0 Å². The Labute approximate surface area is 371 Å². The fourth-order valence-electron chi connectivity index (χ4n) is 8.23. The minimum Gasteiger partial charge on any atom is -0.871 e. The Balaban J connectivity index is 1.66. The average molecular weight is 839 g/mol. The number of benzene rings is 3. The Kier molecular flexibility index (Phi) is 17.7. The highest BCUT2D eigenvalue weighted by atomic mass is 16.3. The van der Waals surface area contributed by atoms with E-state index in [0.29, 0.717) is 35.4 Å². The molecule has 2 atom stereocenters. The molecule has 0 spiro atoms. The standard InChI is InChI=1S/C54H70N4O4/c1-9-15-19-39(13-5)53(61)55-47-35-43(57(33-17-11-3)41-25-21-37(7)22-26-41)29-31-45(47)49-51(59)50(52(49)60)46-32-30-44(36-48(46)56-54(62)40(14-6)20-16-10-2)58(34-18-12-4)42-27-23-38(8)24-28-42/h21-32,35-36,39-40H,9-20,33-34H2,1-8H3,(H2,55,56,59,60,61,62). The SMILES string of the molecule is CCCCC(CC)C(=O)NC1=CC(=[N+](CCCC)c2ccc(C)cc2)C=CC1=C1C(=O)C(c2ccc(N(CCCC)c3ccc(C)cc3)cc2NC(=O)C(CC)CCCC)=C1[O-]. The number of carbonyl (C=O) groups is 3. The molecule has 0 saturated carbocycles. The zero-order valence-corrected chi connectivity index (χ0v) is 38.7. The van der Waals surface area contributed by atoms with Crippen molar-refractivity contribution in [2.24, 2.45) is 11.8 Å². The summed E-state index contributed by atoms with van der Waals surface area (Å²) >= 11 is 0. The first kappa shape index (κ1) is 47.5. The second kappa shape index (κ2) is 23.1. The largest absolute Gasteiger partial charge is 0.871 e. The molecule has 0 radical (unpaired) electrons. The number of hydrogen-bond acceptors (Lipinski definition) is 5. The molecule has 0 bridgehead atoms. The summed E-state index contributed by atoms with van der Waals surface area (Å²) in [4.78, 5) is 44.7. The van der Waals surface area contributed by atoms with Crippen LogP contribution in [0.1, 0.15) is 135 Å². The molecule has 8 heteroatoms. The van der Waals surface area contributed by atoms with Crippen molar-refractivity contribution in [3.63, 3.8) is 0 Å². The molecule has 0 aliphatic heterocycles. The predicted molar refractivity (Wildman–Crippen MR) is 255 cm³/mol. The van der Waals surface area contributed by atoms with Crippen LogP contribution in [-0.4, -0.2) is 41.0 Å². The minimum atomic E-state index is -0.403. The van der Waals surface area contributed by atoms with E-state index in [1.807, 2.05) is 50.3 Å². The lowest BCUT2D eigenvalue weighted by Gasteiger charge is -2.35. The third-order valence-electron chi connectivity index (χ3n) is 12.3. The monoisotopic (exact) mass is 839 g/mol. The van der Waals surface area contributed by atoms with Crippen molar-refractivity contribution in [2.45, 2.75) is 132 Å². The van der Waals surface area contributed by atoms with Crippen LogP contribution in [0.5, 0.6) is 0 Å². The second-order valence-corrected chi connectivity index (χ2v) is 17.0. The number of ketones is 1. The number of carbonyl (C=O) groups excluding carboxylic acids is 3. The van der Waals surface area contributed by atoms with Crippen LogP contribution >= 0.6 is 0 Å². The highest BCUT2D eigenvalue weighted by molar-refractivity contribution is 6.40. The van der Waals surface area contributed by atoms with E-state index >= 15 is 0 Å². The summed E-state index contributed by atoms with van der Waals surface area (Å²) in [5, 5.41) is 21.0. The van der Waals surface area contributed by atoms with Crippen LogP contribution in [0.15, 0.2) is 108 Å². The van der Waals surface area contributed by atoms with Crippen molar-refractivity contribution < 1.29 is 24.1 Å². The van der Waals surface area contributed by atoms with Gasteiger partial charge in [-0.05, 0) is 76.3 Å². The molecule has 0 fully saturated rings. The van der Waals surface area contributed by atoms with Crippen LogP contribution in [0.25, 0.3) is 5.57 Å². The molecule has 0 aromatic heterocycles. The third kappa shape index (κ3) is 11.5. The van der Waals surface area contributed by atoms with Crippen LogP contribution in [0, 0.1) is 25.7 Å². The maximum Gasteiger partial charge on any atom is 0.227 e. The molecule has 3 aromatic carbocycles. The molecule has 2 amide bonds. The Morgan fingerprint density at radius 1 is 0.677 bits per heavy atom. The fourth-order valence-corrected chi connectivity index (χ4v) is 8.23. The molecule has 3 aromatic rings. The Morgan fingerprint density at radius 3 is 1.81 bits per heavy atom. The van der Waals surface area contributed by atoms with Crippen LogP contribution in [0.2, 0.25) is 0 Å². The summed E-state index contributed by atoms with van der Waals surface area (Å²) in [5.41, 5.74) is 7.88. The normalized spacial score (nSPS) is 16.7. The van der Waals surface area contributed by atoms with Gasteiger partial charge in [-0.25, -0.2) is 0 Å². The molecular formula is C54H70N4O4. The molecule has 330 valence electrons. The van der Waals surface area contributed by atoms with Crippen LogP contribution in [-0.2, 0) is 14.4 Å². The number of allylic oxidation sites excluding steroid dienone is 5. The number of anilines is 3. The minimum absolute atomic E-state index is 0.0406. The quantitative estimate of drug-likeness (QED) is 0.0774. The lowest BCUT2D eigenvalue weighted by Crippen LogP contribution is -2.36. The van der Waals surface area contributed by atoms with E-state index in [0.717, 1.165) is 111 Å². The molecular weight excluding hydrogens is 769 g/mol. The summed E-state index contributed by atoms with van der Waals surface area (Å²) in [5.74, 6) is -1.44. The van der Waals surface area contributed by atoms with E-state index in [4.69, 9.17) is 0 Å². The highest BCUT2D eigenvalue weighted by Gasteiger charge is 2.35. The van der Waals surface area contributed by atoms with Gasteiger partial charge in [0.25, 0.3) is 0 Å². The fraction of sp³-hybridized carbons (Fsp3) is 0.444. The Bertz CT molecular complexity index is 2210. The molecule has 2 aliphatic carbocycles. The van der Waals surface area contributed by atoms with Crippen molar-refractivity contribution in [1.82, 2.24) is 5.32 Å². The van der Waals surface area contributed by atoms with Crippen molar-refractivity contribution >= 4 is 51.6 Å². The molecule has 2 N–H and O–H groups in total. The summed E-state index contributed by atoms with van der Waals surface area (Å²) in [6.07, 6.45) is 16.3. The van der Waals surface area contributed by atoms with Gasteiger partial charge in [0, 0.05) is 82.7 Å². The molecule has 8 nitrogen and oxygen atoms in total. The number of rotatable bonds is 22. The average Bonchev–Trinajstić information content (AvgIpc) is 3.27. The van der Waals surface area contributed by atoms with Gasteiger partial charge in [-0.15, -0.1) is 0 Å². The van der Waals surface area contributed by atoms with Gasteiger partial charge in [-0.2, -0.15) is 4.58 Å². The molecule has 0 heterocycles. The van der Waals surface area contributed by atoms with Crippen LogP contribution in [0.4, 0.5) is 22.7 Å². The highest BCUT2D eigenvalue weighted by Crippen LogP contribution is 2.43. The van der Waals surface area contributed by atoms with E-state index in [1.165, 1.54) is 0 Å². The van der Waals surface area contributed by atoms with Crippen molar-refractivity contribution in [3.05, 3.63) is 124 Å². The van der Waals surface area contributed by atoms with E-state index in [1.54, 1.807) is 0 Å². The molecule has 2 aliphatic rings. The zero-order chi connectivity index (χ0) is 44.8. The number of amides is 2. The summed E-state index contributed by atoms with van der Waals surface area (Å²) in [7, 11) is 0. The number of nitrogens with one attached hydrogen (secondary N) is 2. The van der Waals surface area contributed by atoms with E-state index in [-0.39, 0.29) is 34.8 Å². The van der Waals surface area contributed by atoms with E-state index in [2.05, 4.69) is 110 Å². The summed E-state index contributed by atoms with van der Waals surface area (Å²) in [6.45, 7) is 18.2.